The summed E-state index contributed by atoms with van der Waals surface area (Å²) in [5.74, 6) is 1.98. The third-order valence-corrected chi connectivity index (χ3v) is 7.53. The number of fused-ring (bicyclic) bond motifs is 5. The molecule has 24 heavy (non-hydrogen) atoms. The number of ketones is 1. The van der Waals surface area contributed by atoms with Crippen molar-refractivity contribution in [3.05, 3.63) is 29.3 Å². The van der Waals surface area contributed by atoms with Gasteiger partial charge < -0.3 is 9.84 Å². The van der Waals surface area contributed by atoms with Crippen molar-refractivity contribution in [2.75, 3.05) is 6.61 Å². The highest BCUT2D eigenvalue weighted by Crippen LogP contribution is 2.61. The summed E-state index contributed by atoms with van der Waals surface area (Å²) in [5, 5.41) is 9.83. The Morgan fingerprint density at radius 1 is 1.42 bits per heavy atom. The fourth-order valence-electron chi connectivity index (χ4n) is 5.75. The average molecular weight is 393 g/mol. The Bertz CT molecular complexity index is 673. The number of carbonyl (C=O) groups is 1. The van der Waals surface area contributed by atoms with Crippen molar-refractivity contribution >= 4 is 21.7 Å². The molecule has 4 heteroatoms. The Balaban J connectivity index is 1.79. The van der Waals surface area contributed by atoms with Crippen molar-refractivity contribution < 1.29 is 14.6 Å². The van der Waals surface area contributed by atoms with Crippen LogP contribution in [0.5, 0.6) is 5.75 Å². The Morgan fingerprint density at radius 3 is 2.96 bits per heavy atom. The number of alkyl halides is 1. The van der Waals surface area contributed by atoms with E-state index in [1.807, 2.05) is 13.0 Å². The van der Waals surface area contributed by atoms with Crippen molar-refractivity contribution in [2.45, 2.75) is 56.4 Å². The number of halogens is 1. The van der Waals surface area contributed by atoms with Crippen LogP contribution < -0.4 is 0 Å². The first-order valence-electron chi connectivity index (χ1n) is 9.07. The molecule has 0 heterocycles. The SMILES string of the molecule is CCO[C@H]1C[C@]2(C)C(=O)[C@H](Br)C[C@H]2[C@@H]2CCc3cc(O)ccc3[C@H]21. The molecule has 0 saturated heterocycles. The number of Topliss-reactive ketones (excluding diaryl/α,β-unsaturated/α-hetero) is 1. The van der Waals surface area contributed by atoms with Gasteiger partial charge in [-0.05, 0) is 67.7 Å². The lowest BCUT2D eigenvalue weighted by Crippen LogP contribution is -2.50. The molecule has 1 aromatic carbocycles. The molecule has 3 aliphatic carbocycles. The molecular weight excluding hydrogens is 368 g/mol. The third kappa shape index (κ3) is 2.29. The molecule has 6 atom stereocenters. The first kappa shape index (κ1) is 16.6. The van der Waals surface area contributed by atoms with Crippen LogP contribution in [-0.4, -0.2) is 28.4 Å². The molecule has 0 spiro atoms. The Hall–Kier alpha value is -0.870. The quantitative estimate of drug-likeness (QED) is 0.766. The molecule has 0 radical (unpaired) electrons. The summed E-state index contributed by atoms with van der Waals surface area (Å²) in [5.41, 5.74) is 2.32. The standard InChI is InChI=1S/C20H25BrO3/c1-3-24-17-10-20(2)15(9-16(21)19(20)23)14-6-4-11-8-12(22)5-7-13(11)18(14)17/h5,7-8,14-18,22H,3-4,6,9-10H2,1-2H3/t14-,15-,16+,17-,18+,20-/m0/s1. The van der Waals surface area contributed by atoms with E-state index in [0.717, 1.165) is 25.7 Å². The zero-order valence-electron chi connectivity index (χ0n) is 14.3. The van der Waals surface area contributed by atoms with Crippen LogP contribution in [0.15, 0.2) is 18.2 Å². The smallest absolute Gasteiger partial charge is 0.152 e. The van der Waals surface area contributed by atoms with Gasteiger partial charge in [0.05, 0.1) is 10.9 Å². The lowest BCUT2D eigenvalue weighted by atomic mass is 9.54. The van der Waals surface area contributed by atoms with Gasteiger partial charge in [-0.15, -0.1) is 0 Å². The third-order valence-electron chi connectivity index (χ3n) is 6.74. The lowest BCUT2D eigenvalue weighted by Gasteiger charge is -2.51. The first-order chi connectivity index (χ1) is 11.5. The molecule has 4 rings (SSSR count). The number of aryl methyl sites for hydroxylation is 1. The minimum absolute atomic E-state index is 0.00487. The summed E-state index contributed by atoms with van der Waals surface area (Å²) in [6, 6.07) is 5.79. The van der Waals surface area contributed by atoms with Crippen LogP contribution in [0.3, 0.4) is 0 Å². The fourth-order valence-corrected chi connectivity index (χ4v) is 6.67. The summed E-state index contributed by atoms with van der Waals surface area (Å²) in [7, 11) is 0. The number of hydrogen-bond donors (Lipinski definition) is 1. The first-order valence-corrected chi connectivity index (χ1v) is 9.99. The predicted octanol–water partition coefficient (Wildman–Crippen LogP) is 4.21. The molecule has 2 saturated carbocycles. The number of phenols is 1. The Kier molecular flexibility index (Phi) is 4.04. The van der Waals surface area contributed by atoms with Crippen molar-refractivity contribution in [2.24, 2.45) is 17.3 Å². The van der Waals surface area contributed by atoms with Gasteiger partial charge in [-0.2, -0.15) is 0 Å². The van der Waals surface area contributed by atoms with Crippen molar-refractivity contribution in [1.82, 2.24) is 0 Å². The molecule has 0 amide bonds. The second-order valence-corrected chi connectivity index (χ2v) is 9.01. The molecule has 3 nitrogen and oxygen atoms in total. The van der Waals surface area contributed by atoms with Crippen LogP contribution in [0.25, 0.3) is 0 Å². The second kappa shape index (κ2) is 5.84. The molecule has 1 aromatic rings. The average Bonchev–Trinajstić information content (AvgIpc) is 2.78. The van der Waals surface area contributed by atoms with Crippen LogP contribution in [0.1, 0.15) is 50.2 Å². The minimum Gasteiger partial charge on any atom is -0.508 e. The van der Waals surface area contributed by atoms with Gasteiger partial charge in [-0.1, -0.05) is 28.9 Å². The van der Waals surface area contributed by atoms with Gasteiger partial charge in [0.25, 0.3) is 0 Å². The summed E-state index contributed by atoms with van der Waals surface area (Å²) in [6.07, 6.45) is 3.91. The number of benzene rings is 1. The second-order valence-electron chi connectivity index (χ2n) is 7.90. The van der Waals surface area contributed by atoms with E-state index in [2.05, 4.69) is 28.9 Å². The van der Waals surface area contributed by atoms with Crippen molar-refractivity contribution in [3.63, 3.8) is 0 Å². The highest BCUT2D eigenvalue weighted by atomic mass is 79.9. The van der Waals surface area contributed by atoms with Crippen LogP contribution in [0, 0.1) is 17.3 Å². The molecule has 130 valence electrons. The molecule has 0 unspecified atom stereocenters. The number of rotatable bonds is 2. The number of ether oxygens (including phenoxy) is 1. The highest BCUT2D eigenvalue weighted by Gasteiger charge is 2.60. The normalized spacial score (nSPS) is 40.8. The Labute approximate surface area is 151 Å². The van der Waals surface area contributed by atoms with Crippen LogP contribution in [0.4, 0.5) is 0 Å². The largest absolute Gasteiger partial charge is 0.508 e. The molecule has 0 bridgehead atoms. The maximum absolute atomic E-state index is 12.8. The van der Waals surface area contributed by atoms with Gasteiger partial charge in [-0.25, -0.2) is 0 Å². The van der Waals surface area contributed by atoms with Gasteiger partial charge in [0.1, 0.15) is 5.75 Å². The molecule has 0 aromatic heterocycles. The van der Waals surface area contributed by atoms with Gasteiger partial charge in [0, 0.05) is 17.9 Å². The molecule has 2 fully saturated rings. The van der Waals surface area contributed by atoms with E-state index < -0.39 is 0 Å². The molecular formula is C20H25BrO3. The fraction of sp³-hybridized carbons (Fsp3) is 0.650. The summed E-state index contributed by atoms with van der Waals surface area (Å²) < 4.78 is 6.17. The van der Waals surface area contributed by atoms with Gasteiger partial charge >= 0.3 is 0 Å². The zero-order valence-corrected chi connectivity index (χ0v) is 15.9. The van der Waals surface area contributed by atoms with Crippen molar-refractivity contribution in [1.29, 1.82) is 0 Å². The maximum Gasteiger partial charge on any atom is 0.152 e. The van der Waals surface area contributed by atoms with E-state index >= 15 is 0 Å². The maximum atomic E-state index is 12.8. The van der Waals surface area contributed by atoms with Crippen molar-refractivity contribution in [3.8, 4) is 5.75 Å². The van der Waals surface area contributed by atoms with Gasteiger partial charge in [0.2, 0.25) is 0 Å². The van der Waals surface area contributed by atoms with Gasteiger partial charge in [-0.3, -0.25) is 4.79 Å². The summed E-state index contributed by atoms with van der Waals surface area (Å²) in [6.45, 7) is 4.87. The van der Waals surface area contributed by atoms with E-state index in [4.69, 9.17) is 4.74 Å². The number of carbonyl (C=O) groups excluding carboxylic acids is 1. The van der Waals surface area contributed by atoms with Crippen LogP contribution in [0.2, 0.25) is 0 Å². The van der Waals surface area contributed by atoms with E-state index in [1.54, 1.807) is 6.07 Å². The van der Waals surface area contributed by atoms with Crippen LogP contribution >= 0.6 is 15.9 Å². The topological polar surface area (TPSA) is 46.5 Å². The minimum atomic E-state index is -0.260. The molecule has 3 aliphatic rings. The van der Waals surface area contributed by atoms with E-state index in [-0.39, 0.29) is 16.3 Å². The van der Waals surface area contributed by atoms with Crippen LogP contribution in [-0.2, 0) is 16.0 Å². The van der Waals surface area contributed by atoms with E-state index in [1.165, 1.54) is 11.1 Å². The Morgan fingerprint density at radius 2 is 2.21 bits per heavy atom. The molecule has 1 N–H and O–H groups in total. The number of phenolic OH excluding ortho intramolecular Hbond substituents is 1. The lowest BCUT2D eigenvalue weighted by molar-refractivity contribution is -0.136. The molecule has 0 aliphatic heterocycles. The predicted molar refractivity (Wildman–Crippen MR) is 96.6 cm³/mol. The number of aromatic hydroxyl groups is 1. The number of hydrogen-bond acceptors (Lipinski definition) is 3. The summed E-state index contributed by atoms with van der Waals surface area (Å²) in [4.78, 5) is 12.8. The van der Waals surface area contributed by atoms with E-state index in [0.29, 0.717) is 35.9 Å². The monoisotopic (exact) mass is 392 g/mol. The van der Waals surface area contributed by atoms with E-state index in [9.17, 15) is 9.90 Å². The summed E-state index contributed by atoms with van der Waals surface area (Å²) >= 11 is 3.62. The highest BCUT2D eigenvalue weighted by molar-refractivity contribution is 9.10. The zero-order chi connectivity index (χ0) is 17.1. The van der Waals surface area contributed by atoms with Gasteiger partial charge in [0.15, 0.2) is 5.78 Å².